The summed E-state index contributed by atoms with van der Waals surface area (Å²) in [5, 5.41) is 0. The largest absolute Gasteiger partial charge is 0.573 e. The maximum absolute atomic E-state index is 12.4. The summed E-state index contributed by atoms with van der Waals surface area (Å²) in [4.78, 5) is 21.9. The normalized spacial score (nSPS) is 17.4. The third-order valence-corrected chi connectivity index (χ3v) is 3.59. The summed E-state index contributed by atoms with van der Waals surface area (Å²) in [6.07, 6.45) is 0.210. The topological polar surface area (TPSA) is 64.5 Å². The maximum Gasteiger partial charge on any atom is 0.573 e. The van der Waals surface area contributed by atoms with Gasteiger partial charge in [-0.1, -0.05) is 0 Å². The molecular weight excluding hydrogens is 339 g/mol. The SMILES string of the molecule is O=C(c1ccc(OC(F)(F)F)cc1)N1CCC(Oc2cnccn2)C1. The minimum atomic E-state index is -4.76. The Balaban J connectivity index is 1.58. The number of ether oxygens (including phenoxy) is 2. The van der Waals surface area contributed by atoms with Crippen LogP contribution in [0.25, 0.3) is 0 Å². The first-order valence-electron chi connectivity index (χ1n) is 7.48. The first kappa shape index (κ1) is 17.0. The highest BCUT2D eigenvalue weighted by molar-refractivity contribution is 5.94. The minimum Gasteiger partial charge on any atom is -0.471 e. The number of nitrogens with zero attached hydrogens (tertiary/aromatic N) is 3. The second kappa shape index (κ2) is 6.96. The Morgan fingerprint density at radius 1 is 1.20 bits per heavy atom. The van der Waals surface area contributed by atoms with Gasteiger partial charge in [0, 0.05) is 30.9 Å². The molecule has 0 bridgehead atoms. The molecule has 0 spiro atoms. The van der Waals surface area contributed by atoms with Gasteiger partial charge in [0.05, 0.1) is 12.7 Å². The van der Waals surface area contributed by atoms with Crippen molar-refractivity contribution in [2.24, 2.45) is 0 Å². The highest BCUT2D eigenvalue weighted by Gasteiger charge is 2.31. The molecule has 1 atom stereocenters. The number of rotatable bonds is 4. The second-order valence-corrected chi connectivity index (χ2v) is 5.40. The number of aromatic nitrogens is 2. The fourth-order valence-corrected chi connectivity index (χ4v) is 2.51. The summed E-state index contributed by atoms with van der Waals surface area (Å²) >= 11 is 0. The summed E-state index contributed by atoms with van der Waals surface area (Å²) in [5.41, 5.74) is 0.287. The van der Waals surface area contributed by atoms with Crippen molar-refractivity contribution in [3.63, 3.8) is 0 Å². The Hall–Kier alpha value is -2.84. The molecule has 25 heavy (non-hydrogen) atoms. The molecule has 2 heterocycles. The zero-order valence-corrected chi connectivity index (χ0v) is 12.9. The fraction of sp³-hybridized carbons (Fsp3) is 0.312. The number of carbonyl (C=O) groups is 1. The molecule has 1 aliphatic rings. The quantitative estimate of drug-likeness (QED) is 0.846. The van der Waals surface area contributed by atoms with Crippen molar-refractivity contribution in [1.82, 2.24) is 14.9 Å². The molecular formula is C16H14F3N3O3. The van der Waals surface area contributed by atoms with E-state index in [2.05, 4.69) is 14.7 Å². The van der Waals surface area contributed by atoms with Gasteiger partial charge >= 0.3 is 6.36 Å². The molecule has 0 saturated carbocycles. The average molecular weight is 353 g/mol. The molecule has 6 nitrogen and oxygen atoms in total. The number of likely N-dealkylation sites (tertiary alicyclic amines) is 1. The van der Waals surface area contributed by atoms with E-state index in [0.717, 1.165) is 12.1 Å². The van der Waals surface area contributed by atoms with Gasteiger partial charge in [0.1, 0.15) is 11.9 Å². The van der Waals surface area contributed by atoms with E-state index in [-0.39, 0.29) is 23.3 Å². The molecule has 1 saturated heterocycles. The van der Waals surface area contributed by atoms with Crippen molar-refractivity contribution in [2.75, 3.05) is 13.1 Å². The summed E-state index contributed by atoms with van der Waals surface area (Å²) in [6, 6.07) is 4.84. The average Bonchev–Trinajstić information content (AvgIpc) is 3.03. The van der Waals surface area contributed by atoms with E-state index in [4.69, 9.17) is 4.74 Å². The van der Waals surface area contributed by atoms with Crippen LogP contribution in [0.1, 0.15) is 16.8 Å². The van der Waals surface area contributed by atoms with E-state index >= 15 is 0 Å². The molecule has 1 aromatic heterocycles. The molecule has 1 unspecified atom stereocenters. The third kappa shape index (κ3) is 4.59. The molecule has 1 aromatic carbocycles. The van der Waals surface area contributed by atoms with E-state index in [0.29, 0.717) is 25.4 Å². The first-order valence-corrected chi connectivity index (χ1v) is 7.48. The lowest BCUT2D eigenvalue weighted by Crippen LogP contribution is -2.31. The van der Waals surface area contributed by atoms with E-state index in [1.807, 2.05) is 0 Å². The van der Waals surface area contributed by atoms with Crippen molar-refractivity contribution in [3.05, 3.63) is 48.4 Å². The van der Waals surface area contributed by atoms with Gasteiger partial charge in [-0.3, -0.25) is 9.78 Å². The number of carbonyl (C=O) groups excluding carboxylic acids is 1. The van der Waals surface area contributed by atoms with Crippen LogP contribution >= 0.6 is 0 Å². The monoisotopic (exact) mass is 353 g/mol. The van der Waals surface area contributed by atoms with Crippen molar-refractivity contribution in [1.29, 1.82) is 0 Å². The van der Waals surface area contributed by atoms with Crippen molar-refractivity contribution in [3.8, 4) is 11.6 Å². The Kier molecular flexibility index (Phi) is 4.73. The summed E-state index contributed by atoms with van der Waals surface area (Å²) in [5.74, 6) is -0.256. The van der Waals surface area contributed by atoms with Gasteiger partial charge in [0.15, 0.2) is 0 Å². The Labute approximate surface area is 141 Å². The Morgan fingerprint density at radius 3 is 2.60 bits per heavy atom. The lowest BCUT2D eigenvalue weighted by Gasteiger charge is -2.17. The Morgan fingerprint density at radius 2 is 1.96 bits per heavy atom. The molecule has 3 rings (SSSR count). The smallest absolute Gasteiger partial charge is 0.471 e. The molecule has 2 aromatic rings. The van der Waals surface area contributed by atoms with Gasteiger partial charge in [-0.05, 0) is 24.3 Å². The van der Waals surface area contributed by atoms with E-state index in [1.165, 1.54) is 30.7 Å². The lowest BCUT2D eigenvalue weighted by atomic mass is 10.2. The first-order chi connectivity index (χ1) is 11.9. The molecule has 1 amide bonds. The molecule has 0 aliphatic carbocycles. The molecule has 9 heteroatoms. The van der Waals surface area contributed by atoms with Crippen LogP contribution in [0.15, 0.2) is 42.9 Å². The van der Waals surface area contributed by atoms with Gasteiger partial charge in [-0.2, -0.15) is 0 Å². The predicted molar refractivity (Wildman–Crippen MR) is 80.1 cm³/mol. The van der Waals surface area contributed by atoms with Crippen LogP contribution in [0.5, 0.6) is 11.6 Å². The maximum atomic E-state index is 12.4. The summed E-state index contributed by atoms with van der Waals surface area (Å²) in [7, 11) is 0. The Bertz CT molecular complexity index is 723. The standard InChI is InChI=1S/C16H14F3N3O3/c17-16(18,19)25-12-3-1-11(2-4-12)15(23)22-8-5-13(10-22)24-14-9-20-6-7-21-14/h1-4,6-7,9,13H,5,8,10H2. The van der Waals surface area contributed by atoms with Crippen molar-refractivity contribution >= 4 is 5.91 Å². The van der Waals surface area contributed by atoms with Crippen molar-refractivity contribution in [2.45, 2.75) is 18.9 Å². The zero-order chi connectivity index (χ0) is 17.9. The van der Waals surface area contributed by atoms with Gasteiger partial charge in [0.2, 0.25) is 5.88 Å². The molecule has 0 radical (unpaired) electrons. The fourth-order valence-electron chi connectivity index (χ4n) is 2.51. The highest BCUT2D eigenvalue weighted by Crippen LogP contribution is 2.24. The predicted octanol–water partition coefficient (Wildman–Crippen LogP) is 2.67. The minimum absolute atomic E-state index is 0.200. The number of hydrogen-bond donors (Lipinski definition) is 0. The van der Waals surface area contributed by atoms with Crippen LogP contribution < -0.4 is 9.47 Å². The molecule has 1 aliphatic heterocycles. The third-order valence-electron chi connectivity index (χ3n) is 3.59. The van der Waals surface area contributed by atoms with Gasteiger partial charge < -0.3 is 14.4 Å². The molecule has 132 valence electrons. The van der Waals surface area contributed by atoms with Crippen LogP contribution in [0.3, 0.4) is 0 Å². The second-order valence-electron chi connectivity index (χ2n) is 5.40. The van der Waals surface area contributed by atoms with Crippen LogP contribution in [-0.2, 0) is 0 Å². The van der Waals surface area contributed by atoms with Gasteiger partial charge in [0.25, 0.3) is 5.91 Å². The number of amides is 1. The highest BCUT2D eigenvalue weighted by atomic mass is 19.4. The van der Waals surface area contributed by atoms with Crippen LogP contribution in [0, 0.1) is 0 Å². The van der Waals surface area contributed by atoms with E-state index < -0.39 is 6.36 Å². The number of alkyl halides is 3. The van der Waals surface area contributed by atoms with Crippen LogP contribution in [-0.4, -0.2) is 46.3 Å². The summed E-state index contributed by atoms with van der Waals surface area (Å²) in [6.45, 7) is 0.862. The van der Waals surface area contributed by atoms with Gasteiger partial charge in [-0.15, -0.1) is 13.2 Å². The number of benzene rings is 1. The lowest BCUT2D eigenvalue weighted by molar-refractivity contribution is -0.274. The molecule has 1 fully saturated rings. The van der Waals surface area contributed by atoms with E-state index in [9.17, 15) is 18.0 Å². The zero-order valence-electron chi connectivity index (χ0n) is 12.9. The van der Waals surface area contributed by atoms with E-state index in [1.54, 1.807) is 4.90 Å². The molecule has 0 N–H and O–H groups in total. The van der Waals surface area contributed by atoms with Gasteiger partial charge in [-0.25, -0.2) is 4.98 Å². The summed E-state index contributed by atoms with van der Waals surface area (Å²) < 4.78 is 45.9. The van der Waals surface area contributed by atoms with Crippen LogP contribution in [0.4, 0.5) is 13.2 Å². The van der Waals surface area contributed by atoms with Crippen molar-refractivity contribution < 1.29 is 27.4 Å². The number of hydrogen-bond acceptors (Lipinski definition) is 5. The number of halogens is 3. The van der Waals surface area contributed by atoms with Crippen LogP contribution in [0.2, 0.25) is 0 Å².